The van der Waals surface area contributed by atoms with Gasteiger partial charge in [-0.1, -0.05) is 6.07 Å². The van der Waals surface area contributed by atoms with Crippen molar-refractivity contribution in [3.8, 4) is 0 Å². The number of aromatic nitrogens is 1. The lowest BCUT2D eigenvalue weighted by Gasteiger charge is -2.16. The van der Waals surface area contributed by atoms with E-state index in [1.165, 1.54) is 0 Å². The molecule has 0 fully saturated rings. The maximum absolute atomic E-state index is 13.1. The number of pyridine rings is 1. The second-order valence-electron chi connectivity index (χ2n) is 5.13. The summed E-state index contributed by atoms with van der Waals surface area (Å²) in [4.78, 5) is 27.6. The van der Waals surface area contributed by atoms with Crippen molar-refractivity contribution in [2.24, 2.45) is 5.73 Å². The lowest BCUT2D eigenvalue weighted by molar-refractivity contribution is -0.127. The van der Waals surface area contributed by atoms with Gasteiger partial charge in [0.05, 0.1) is 6.42 Å². The molecule has 1 heterocycles. The second kappa shape index (κ2) is 7.96. The fraction of sp³-hybridized carbons (Fsp3) is 0.188. The molecule has 1 aromatic carbocycles. The van der Waals surface area contributed by atoms with E-state index in [2.05, 4.69) is 26.2 Å². The molecule has 8 heteroatoms. The Kier molecular flexibility index (Phi) is 5.97. The van der Waals surface area contributed by atoms with Gasteiger partial charge in [-0.05, 0) is 45.3 Å². The molecule has 126 valence electrons. The Morgan fingerprint density at radius 3 is 2.50 bits per heavy atom. The highest BCUT2D eigenvalue weighted by molar-refractivity contribution is 9.10. The molecule has 3 N–H and O–H groups in total. The highest BCUT2D eigenvalue weighted by Gasteiger charge is 2.20. The predicted octanol–water partition coefficient (Wildman–Crippen LogP) is 1.88. The molecule has 5 nitrogen and oxygen atoms in total. The van der Waals surface area contributed by atoms with E-state index in [0.29, 0.717) is 16.2 Å². The first-order valence-corrected chi connectivity index (χ1v) is 7.77. The van der Waals surface area contributed by atoms with Gasteiger partial charge in [-0.15, -0.1) is 0 Å². The molecule has 1 atom stereocenters. The topological polar surface area (TPSA) is 85.1 Å². The fourth-order valence-electron chi connectivity index (χ4n) is 2.16. The van der Waals surface area contributed by atoms with Gasteiger partial charge in [0, 0.05) is 18.7 Å². The number of nitrogens with one attached hydrogen (secondary N) is 1. The summed E-state index contributed by atoms with van der Waals surface area (Å²) < 4.78 is 26.8. The van der Waals surface area contributed by atoms with Gasteiger partial charge in [0.2, 0.25) is 11.8 Å². The Hall–Kier alpha value is -2.35. The zero-order valence-corrected chi connectivity index (χ0v) is 14.0. The quantitative estimate of drug-likeness (QED) is 0.729. The standard InChI is InChI=1S/C16H14BrF2N3O2/c17-15-10(2-1-3-21-15)7-13(16(20)24)22-14(23)6-9-4-11(18)8-12(19)5-9/h1-5,8,13H,6-7H2,(H2,20,24)(H,22,23)/t13-/m1/s1. The van der Waals surface area contributed by atoms with E-state index in [1.54, 1.807) is 18.3 Å². The minimum atomic E-state index is -0.962. The lowest BCUT2D eigenvalue weighted by Crippen LogP contribution is -2.46. The highest BCUT2D eigenvalue weighted by Crippen LogP contribution is 2.15. The van der Waals surface area contributed by atoms with E-state index in [-0.39, 0.29) is 18.4 Å². The van der Waals surface area contributed by atoms with Crippen molar-refractivity contribution >= 4 is 27.7 Å². The summed E-state index contributed by atoms with van der Waals surface area (Å²) in [7, 11) is 0. The smallest absolute Gasteiger partial charge is 0.240 e. The Morgan fingerprint density at radius 1 is 1.25 bits per heavy atom. The summed E-state index contributed by atoms with van der Waals surface area (Å²) in [6, 6.07) is 5.29. The van der Waals surface area contributed by atoms with Gasteiger partial charge in [0.25, 0.3) is 0 Å². The molecular weight excluding hydrogens is 384 g/mol. The Labute approximate surface area is 145 Å². The normalized spacial score (nSPS) is 11.8. The van der Waals surface area contributed by atoms with Gasteiger partial charge in [0.15, 0.2) is 0 Å². The van der Waals surface area contributed by atoms with E-state index in [0.717, 1.165) is 12.1 Å². The number of benzene rings is 1. The molecule has 2 aromatic rings. The van der Waals surface area contributed by atoms with Crippen molar-refractivity contribution in [1.29, 1.82) is 0 Å². The van der Waals surface area contributed by atoms with E-state index in [1.807, 2.05) is 0 Å². The average molecular weight is 398 g/mol. The van der Waals surface area contributed by atoms with Crippen LogP contribution in [0.3, 0.4) is 0 Å². The number of carbonyl (C=O) groups excluding carboxylic acids is 2. The molecule has 0 aliphatic carbocycles. The maximum atomic E-state index is 13.1. The average Bonchev–Trinajstić information content (AvgIpc) is 2.47. The minimum absolute atomic E-state index is 0.146. The summed E-state index contributed by atoms with van der Waals surface area (Å²) in [5, 5.41) is 2.47. The number of primary amides is 1. The summed E-state index contributed by atoms with van der Waals surface area (Å²) in [6.45, 7) is 0. The molecule has 24 heavy (non-hydrogen) atoms. The molecule has 0 saturated carbocycles. The third-order valence-electron chi connectivity index (χ3n) is 3.23. The van der Waals surface area contributed by atoms with Gasteiger partial charge < -0.3 is 11.1 Å². The summed E-state index contributed by atoms with van der Waals surface area (Å²) >= 11 is 3.25. The molecule has 0 spiro atoms. The lowest BCUT2D eigenvalue weighted by atomic mass is 10.1. The van der Waals surface area contributed by atoms with E-state index in [9.17, 15) is 18.4 Å². The molecule has 0 aliphatic rings. The molecular formula is C16H14BrF2N3O2. The molecule has 2 rings (SSSR count). The minimum Gasteiger partial charge on any atom is -0.368 e. The van der Waals surface area contributed by atoms with Crippen molar-refractivity contribution < 1.29 is 18.4 Å². The van der Waals surface area contributed by atoms with Crippen LogP contribution in [0.4, 0.5) is 8.78 Å². The Bertz CT molecular complexity index is 750. The largest absolute Gasteiger partial charge is 0.368 e. The Balaban J connectivity index is 2.06. The van der Waals surface area contributed by atoms with E-state index in [4.69, 9.17) is 5.73 Å². The maximum Gasteiger partial charge on any atom is 0.240 e. The van der Waals surface area contributed by atoms with Crippen molar-refractivity contribution in [2.45, 2.75) is 18.9 Å². The van der Waals surface area contributed by atoms with Crippen LogP contribution in [0.25, 0.3) is 0 Å². The number of rotatable bonds is 6. The van der Waals surface area contributed by atoms with Crippen LogP contribution >= 0.6 is 15.9 Å². The number of amides is 2. The number of nitrogens with two attached hydrogens (primary N) is 1. The SMILES string of the molecule is NC(=O)[C@@H](Cc1cccnc1Br)NC(=O)Cc1cc(F)cc(F)c1. The van der Waals surface area contributed by atoms with Crippen LogP contribution in [0.15, 0.2) is 41.1 Å². The van der Waals surface area contributed by atoms with Crippen LogP contribution in [0, 0.1) is 11.6 Å². The first kappa shape index (κ1) is 18.0. The third-order valence-corrected chi connectivity index (χ3v) is 3.94. The summed E-state index contributed by atoms with van der Waals surface area (Å²) in [5.74, 6) is -2.83. The molecule has 1 aromatic heterocycles. The number of nitrogens with zero attached hydrogens (tertiary/aromatic N) is 1. The second-order valence-corrected chi connectivity index (χ2v) is 5.89. The zero-order valence-electron chi connectivity index (χ0n) is 12.4. The number of carbonyl (C=O) groups is 2. The molecule has 0 saturated heterocycles. The van der Waals surface area contributed by atoms with Crippen LogP contribution in [0.1, 0.15) is 11.1 Å². The van der Waals surface area contributed by atoms with Crippen LogP contribution < -0.4 is 11.1 Å². The summed E-state index contributed by atoms with van der Waals surface area (Å²) in [6.07, 6.45) is 1.45. The van der Waals surface area contributed by atoms with Crippen molar-refractivity contribution in [3.63, 3.8) is 0 Å². The number of hydrogen-bond acceptors (Lipinski definition) is 3. The monoisotopic (exact) mass is 397 g/mol. The third kappa shape index (κ3) is 5.09. The summed E-state index contributed by atoms with van der Waals surface area (Å²) in [5.41, 5.74) is 6.17. The van der Waals surface area contributed by atoms with Gasteiger partial charge in [-0.3, -0.25) is 9.59 Å². The number of hydrogen-bond donors (Lipinski definition) is 2. The van der Waals surface area contributed by atoms with E-state index < -0.39 is 29.5 Å². The van der Waals surface area contributed by atoms with Crippen LogP contribution in [0.5, 0.6) is 0 Å². The first-order chi connectivity index (χ1) is 11.3. The van der Waals surface area contributed by atoms with Crippen LogP contribution in [0.2, 0.25) is 0 Å². The van der Waals surface area contributed by atoms with Crippen molar-refractivity contribution in [2.75, 3.05) is 0 Å². The van der Waals surface area contributed by atoms with Gasteiger partial charge in [-0.25, -0.2) is 13.8 Å². The molecule has 0 radical (unpaired) electrons. The molecule has 2 amide bonds. The van der Waals surface area contributed by atoms with E-state index >= 15 is 0 Å². The first-order valence-electron chi connectivity index (χ1n) is 6.98. The molecule has 0 aliphatic heterocycles. The molecule has 0 bridgehead atoms. The van der Waals surface area contributed by atoms with Gasteiger partial charge in [0.1, 0.15) is 22.3 Å². The van der Waals surface area contributed by atoms with Gasteiger partial charge >= 0.3 is 0 Å². The highest BCUT2D eigenvalue weighted by atomic mass is 79.9. The number of halogens is 3. The fourth-order valence-corrected chi connectivity index (χ4v) is 2.57. The van der Waals surface area contributed by atoms with Gasteiger partial charge in [-0.2, -0.15) is 0 Å². The van der Waals surface area contributed by atoms with Crippen LogP contribution in [-0.2, 0) is 22.4 Å². The zero-order chi connectivity index (χ0) is 17.7. The van der Waals surface area contributed by atoms with Crippen LogP contribution in [-0.4, -0.2) is 22.8 Å². The predicted molar refractivity (Wildman–Crippen MR) is 86.8 cm³/mol. The Morgan fingerprint density at radius 2 is 1.92 bits per heavy atom. The van der Waals surface area contributed by atoms with Crippen molar-refractivity contribution in [3.05, 3.63) is 63.9 Å². The van der Waals surface area contributed by atoms with Crippen molar-refractivity contribution in [1.82, 2.24) is 10.3 Å². The molecule has 0 unspecified atom stereocenters.